The zero-order valence-electron chi connectivity index (χ0n) is 35.7. The van der Waals surface area contributed by atoms with E-state index >= 15 is 0 Å². The van der Waals surface area contributed by atoms with Crippen LogP contribution >= 0.6 is 23.3 Å². The number of nitrogens with one attached hydrogen (secondary N) is 3. The molecule has 6 rings (SSSR count). The van der Waals surface area contributed by atoms with Crippen LogP contribution in [-0.4, -0.2) is 114 Å². The lowest BCUT2D eigenvalue weighted by Crippen LogP contribution is -2.71. The Kier molecular flexibility index (Phi) is 15.0. The maximum Gasteiger partial charge on any atom is 0.408 e. The summed E-state index contributed by atoms with van der Waals surface area (Å²) in [7, 11) is 1.54. The predicted molar refractivity (Wildman–Crippen MR) is 232 cm³/mol. The van der Waals surface area contributed by atoms with Crippen molar-refractivity contribution in [3.05, 3.63) is 71.6 Å². The third kappa shape index (κ3) is 11.4. The van der Waals surface area contributed by atoms with E-state index in [1.54, 1.807) is 86.5 Å². The van der Waals surface area contributed by atoms with Gasteiger partial charge in [-0.3, -0.25) is 28.6 Å². The van der Waals surface area contributed by atoms with Crippen molar-refractivity contribution in [1.29, 1.82) is 0 Å². The first kappa shape index (κ1) is 46.7. The molecule has 4 aromatic rings. The van der Waals surface area contributed by atoms with Gasteiger partial charge >= 0.3 is 17.7 Å². The molecule has 5 amide bonds. The quantitative estimate of drug-likeness (QED) is 0.0218. The van der Waals surface area contributed by atoms with E-state index in [2.05, 4.69) is 35.4 Å². The van der Waals surface area contributed by atoms with Crippen LogP contribution in [0.1, 0.15) is 51.9 Å². The van der Waals surface area contributed by atoms with Gasteiger partial charge in [-0.15, -0.1) is 11.8 Å². The minimum Gasteiger partial charge on any atom is -0.497 e. The molecule has 0 saturated carbocycles. The number of nitrogens with zero attached hydrogens (tertiary/aromatic N) is 7. The molecule has 7 N–H and O–H groups in total. The molecule has 24 heteroatoms. The smallest absolute Gasteiger partial charge is 0.408 e. The molecule has 1 aromatic carbocycles. The van der Waals surface area contributed by atoms with E-state index in [0.717, 1.165) is 11.5 Å². The highest BCUT2D eigenvalue weighted by Crippen LogP contribution is 2.41. The molecule has 1 fully saturated rings. The Bertz CT molecular complexity index is 2460. The van der Waals surface area contributed by atoms with Gasteiger partial charge in [0.05, 0.1) is 13.3 Å². The van der Waals surface area contributed by atoms with Gasteiger partial charge in [-0.05, 0) is 75.3 Å². The number of amides is 5. The number of carbonyl (C=O) groups is 6. The maximum absolute atomic E-state index is 14.1. The maximum atomic E-state index is 14.1. The second-order valence-electron chi connectivity index (χ2n) is 15.4. The van der Waals surface area contributed by atoms with Gasteiger partial charge in [-0.1, -0.05) is 17.3 Å². The Balaban J connectivity index is 1.16. The van der Waals surface area contributed by atoms with Crippen molar-refractivity contribution in [3.8, 4) is 5.75 Å². The number of fused-ring (bicyclic) bond motifs is 2. The number of benzene rings is 1. The van der Waals surface area contributed by atoms with Crippen molar-refractivity contribution < 1.29 is 52.4 Å². The van der Waals surface area contributed by atoms with Crippen LogP contribution in [0.15, 0.2) is 65.3 Å². The average molecular weight is 922 g/mol. The zero-order chi connectivity index (χ0) is 46.1. The number of rotatable bonds is 19. The summed E-state index contributed by atoms with van der Waals surface area (Å²) in [6.45, 7) is 7.07. The number of hydrogen-bond donors (Lipinski definition) is 5. The van der Waals surface area contributed by atoms with Gasteiger partial charge in [-0.2, -0.15) is 9.36 Å². The van der Waals surface area contributed by atoms with Crippen LogP contribution in [0.2, 0.25) is 0 Å². The van der Waals surface area contributed by atoms with Gasteiger partial charge in [0.15, 0.2) is 5.13 Å². The van der Waals surface area contributed by atoms with Gasteiger partial charge in [0.2, 0.25) is 29.7 Å². The molecule has 3 unspecified atom stereocenters. The number of imidazole rings is 1. The first-order valence-electron chi connectivity index (χ1n) is 20.0. The van der Waals surface area contributed by atoms with Crippen molar-refractivity contribution in [2.75, 3.05) is 31.7 Å². The zero-order valence-corrected chi connectivity index (χ0v) is 37.3. The fourth-order valence-corrected chi connectivity index (χ4v) is 8.38. The molecule has 5 heterocycles. The molecule has 64 heavy (non-hydrogen) atoms. The van der Waals surface area contributed by atoms with Crippen LogP contribution in [0.25, 0.3) is 11.2 Å². The number of aromatic nitrogens is 5. The Hall–Kier alpha value is -6.82. The summed E-state index contributed by atoms with van der Waals surface area (Å²) >= 11 is 2.21. The summed E-state index contributed by atoms with van der Waals surface area (Å²) in [6.07, 6.45) is 3.03. The number of methoxy groups -OCH3 is 1. The topological polar surface area (TPSA) is 291 Å². The predicted octanol–water partition coefficient (Wildman–Crippen LogP) is 0.879. The number of oxime groups is 1. The van der Waals surface area contributed by atoms with Crippen LogP contribution in [0.5, 0.6) is 5.75 Å². The standard InChI is InChI=1S/C40H48N12O10S2/c1-6-61-48-28(32-47-38(42)64-49-32)34(55)46-29-35(56)52-30(37(57)60-19-22-11-13-24(59-5)14-12-22)23(20-63-36(29)52)17-50-16-8-10-26-33(50)44-21-51(26)18-27(53)43-15-7-9-25(31(41)54)45-39(58)62-40(2,3)4/h8,10-14,16,21,25,29,36H,6-7,9,15,17-20H2,1-5H3,(H6-,41,42,43,45,46,47,49,53,54,55,58)/p+1. The molecule has 22 nitrogen and oxygen atoms in total. The molecule has 3 aromatic heterocycles. The lowest BCUT2D eigenvalue weighted by atomic mass is 10.0. The lowest BCUT2D eigenvalue weighted by Gasteiger charge is -2.49. The largest absolute Gasteiger partial charge is 0.497 e. The number of pyridine rings is 1. The Morgan fingerprint density at radius 1 is 1.12 bits per heavy atom. The van der Waals surface area contributed by atoms with Crippen LogP contribution < -0.4 is 36.7 Å². The van der Waals surface area contributed by atoms with E-state index in [1.165, 1.54) is 23.0 Å². The molecule has 1 saturated heterocycles. The number of thioether (sulfide) groups is 1. The van der Waals surface area contributed by atoms with Gasteiger partial charge in [0.1, 0.15) is 66.3 Å². The van der Waals surface area contributed by atoms with Gasteiger partial charge in [0, 0.05) is 29.4 Å². The second-order valence-corrected chi connectivity index (χ2v) is 17.3. The second kappa shape index (κ2) is 20.6. The van der Waals surface area contributed by atoms with Gasteiger partial charge in [-0.25, -0.2) is 14.2 Å². The summed E-state index contributed by atoms with van der Waals surface area (Å²) in [5, 5.41) is 11.3. The number of β-lactam (4-membered cyclic amide) rings is 1. The van der Waals surface area contributed by atoms with Crippen LogP contribution in [0, 0.1) is 0 Å². The molecular weight excluding hydrogens is 873 g/mol. The number of anilines is 1. The van der Waals surface area contributed by atoms with E-state index in [0.29, 0.717) is 34.5 Å². The summed E-state index contributed by atoms with van der Waals surface area (Å²) in [5.41, 5.74) is 12.6. The molecule has 0 spiro atoms. The first-order chi connectivity index (χ1) is 30.6. The van der Waals surface area contributed by atoms with E-state index in [9.17, 15) is 28.8 Å². The fourth-order valence-electron chi connectivity index (χ4n) is 6.61. The number of nitrogen functional groups attached to an aromatic ring is 1. The Labute approximate surface area is 375 Å². The first-order valence-corrected chi connectivity index (χ1v) is 21.8. The van der Waals surface area contributed by atoms with Crippen LogP contribution in [0.4, 0.5) is 9.93 Å². The van der Waals surface area contributed by atoms with Crippen molar-refractivity contribution in [1.82, 2.24) is 39.8 Å². The lowest BCUT2D eigenvalue weighted by molar-refractivity contribution is -0.664. The van der Waals surface area contributed by atoms with E-state index in [-0.39, 0.29) is 73.3 Å². The third-order valence-corrected chi connectivity index (χ3v) is 11.4. The summed E-state index contributed by atoms with van der Waals surface area (Å²) in [6, 6.07) is 8.53. The molecule has 340 valence electrons. The highest BCUT2D eigenvalue weighted by molar-refractivity contribution is 8.00. The molecule has 3 atom stereocenters. The highest BCUT2D eigenvalue weighted by atomic mass is 32.2. The van der Waals surface area contributed by atoms with Gasteiger partial charge in [0.25, 0.3) is 11.8 Å². The Morgan fingerprint density at radius 2 is 1.89 bits per heavy atom. The molecule has 0 bridgehead atoms. The molecule has 0 aliphatic carbocycles. The fraction of sp³-hybridized carbons (Fsp3) is 0.425. The number of primary amides is 1. The van der Waals surface area contributed by atoms with Crippen molar-refractivity contribution in [2.24, 2.45) is 10.9 Å². The van der Waals surface area contributed by atoms with E-state index < -0.39 is 52.8 Å². The SMILES string of the molecule is CCON=C(C(=O)NC1C(=O)N2C(C(=O)OCc3ccc(OC)cc3)=C(C[n+]3cccc4c3ncn4CC(=O)NCCCC(NC(=O)OC(C)(C)C)C(N)=O)CSC12)c1nsc(N)n1. The Morgan fingerprint density at radius 3 is 2.56 bits per heavy atom. The number of carbonyl (C=O) groups excluding carboxylic acids is 6. The highest BCUT2D eigenvalue weighted by Gasteiger charge is 2.55. The average Bonchev–Trinajstić information content (AvgIpc) is 3.88. The minimum absolute atomic E-state index is 0.0353. The molecule has 2 aliphatic rings. The minimum atomic E-state index is -1.04. The van der Waals surface area contributed by atoms with Crippen LogP contribution in [-0.2, 0) is 58.0 Å². The summed E-state index contributed by atoms with van der Waals surface area (Å²) in [4.78, 5) is 93.7. The summed E-state index contributed by atoms with van der Waals surface area (Å²) in [5.74, 6) is -2.27. The number of ether oxygens (including phenoxy) is 3. The normalized spacial score (nSPS) is 16.6. The number of hydrogen-bond acceptors (Lipinski definition) is 17. The number of esters is 1. The van der Waals surface area contributed by atoms with Crippen LogP contribution in [0.3, 0.4) is 0 Å². The van der Waals surface area contributed by atoms with Gasteiger partial charge < -0.3 is 46.5 Å². The van der Waals surface area contributed by atoms with Crippen molar-refractivity contribution in [2.45, 2.75) is 83.3 Å². The molecule has 2 aliphatic heterocycles. The van der Waals surface area contributed by atoms with Crippen molar-refractivity contribution >= 4 is 81.0 Å². The number of nitrogens with two attached hydrogens (primary N) is 2. The molecular formula is C40H49N12O10S2+. The third-order valence-electron chi connectivity index (χ3n) is 9.56. The number of alkyl carbamates (subject to hydrolysis) is 1. The van der Waals surface area contributed by atoms with E-state index in [4.69, 9.17) is 30.5 Å². The van der Waals surface area contributed by atoms with Crippen molar-refractivity contribution in [3.63, 3.8) is 0 Å². The molecule has 0 radical (unpaired) electrons. The van der Waals surface area contributed by atoms with E-state index in [1.807, 2.05) is 0 Å². The summed E-state index contributed by atoms with van der Waals surface area (Å²) < 4.78 is 23.8. The monoisotopic (exact) mass is 921 g/mol.